The van der Waals surface area contributed by atoms with Crippen LogP contribution in [0.5, 0.6) is 11.5 Å². The zero-order valence-electron chi connectivity index (χ0n) is 14.7. The molecule has 2 N–H and O–H groups in total. The summed E-state index contributed by atoms with van der Waals surface area (Å²) < 4.78 is 11.0. The number of carbonyl (C=O) groups excluding carboxylic acids is 1. The van der Waals surface area contributed by atoms with Crippen LogP contribution in [0, 0.1) is 0 Å². The summed E-state index contributed by atoms with van der Waals surface area (Å²) in [4.78, 5) is 23.4. The number of halogens is 1. The van der Waals surface area contributed by atoms with E-state index in [1.165, 1.54) is 18.0 Å². The maximum Gasteiger partial charge on any atom is 0.230 e. The molecule has 0 aliphatic rings. The minimum atomic E-state index is -0.0956. The Hall–Kier alpha value is -2.45. The predicted octanol–water partition coefficient (Wildman–Crippen LogP) is 3.30. The number of rotatable bonds is 9. The minimum Gasteiger partial charge on any atom is -0.494 e. The van der Waals surface area contributed by atoms with Crippen molar-refractivity contribution in [2.45, 2.75) is 12.1 Å². The molecule has 0 fully saturated rings. The van der Waals surface area contributed by atoms with Gasteiger partial charge in [0.25, 0.3) is 0 Å². The highest BCUT2D eigenvalue weighted by molar-refractivity contribution is 7.99. The smallest absolute Gasteiger partial charge is 0.230 e. The number of hydrogen-bond donors (Lipinski definition) is 2. The molecule has 0 aliphatic heterocycles. The first-order valence-electron chi connectivity index (χ1n) is 8.40. The summed E-state index contributed by atoms with van der Waals surface area (Å²) in [5.74, 6) is 1.69. The monoisotopic (exact) mass is 406 g/mol. The van der Waals surface area contributed by atoms with Gasteiger partial charge in [-0.15, -0.1) is 0 Å². The third-order valence-corrected chi connectivity index (χ3v) is 4.53. The summed E-state index contributed by atoms with van der Waals surface area (Å²) in [5.41, 5.74) is 1.32. The van der Waals surface area contributed by atoms with Gasteiger partial charge in [-0.3, -0.25) is 4.79 Å². The van der Waals surface area contributed by atoms with E-state index < -0.39 is 0 Å². The first-order valence-corrected chi connectivity index (χ1v) is 9.77. The second-order valence-corrected chi connectivity index (χ2v) is 6.86. The summed E-state index contributed by atoms with van der Waals surface area (Å²) in [6, 6.07) is 9.13. The summed E-state index contributed by atoms with van der Waals surface area (Å²) in [6.07, 6.45) is 1.54. The molecule has 0 saturated carbocycles. The summed E-state index contributed by atoms with van der Waals surface area (Å²) >= 11 is 7.20. The fourth-order valence-electron chi connectivity index (χ4n) is 2.26. The Morgan fingerprint density at radius 3 is 2.74 bits per heavy atom. The van der Waals surface area contributed by atoms with Crippen LogP contribution in [0.4, 0.5) is 0 Å². The number of pyridine rings is 1. The Bertz CT molecular complexity index is 901. The number of carbonyl (C=O) groups is 1. The Morgan fingerprint density at radius 1 is 1.26 bits per heavy atom. The van der Waals surface area contributed by atoms with Crippen molar-refractivity contribution in [3.63, 3.8) is 0 Å². The molecule has 2 aromatic heterocycles. The van der Waals surface area contributed by atoms with E-state index in [4.69, 9.17) is 21.1 Å². The molecule has 1 aromatic carbocycles. The van der Waals surface area contributed by atoms with E-state index >= 15 is 0 Å². The number of thioether (sulfide) groups is 1. The van der Waals surface area contributed by atoms with Crippen LogP contribution in [-0.4, -0.2) is 46.4 Å². The molecule has 0 unspecified atom stereocenters. The Kier molecular flexibility index (Phi) is 6.78. The molecule has 0 spiro atoms. The zero-order valence-corrected chi connectivity index (χ0v) is 16.3. The molecule has 0 bridgehead atoms. The molecule has 7 nitrogen and oxygen atoms in total. The van der Waals surface area contributed by atoms with E-state index in [0.29, 0.717) is 35.6 Å². The number of ether oxygens (including phenoxy) is 2. The number of benzene rings is 1. The highest BCUT2D eigenvalue weighted by Gasteiger charge is 2.08. The van der Waals surface area contributed by atoms with E-state index in [-0.39, 0.29) is 11.7 Å². The van der Waals surface area contributed by atoms with Gasteiger partial charge in [-0.05, 0) is 37.3 Å². The normalized spacial score (nSPS) is 10.7. The molecule has 0 radical (unpaired) electrons. The maximum atomic E-state index is 11.9. The summed E-state index contributed by atoms with van der Waals surface area (Å²) in [7, 11) is 0. The molecule has 0 aliphatic carbocycles. The van der Waals surface area contributed by atoms with E-state index in [9.17, 15) is 4.79 Å². The highest BCUT2D eigenvalue weighted by atomic mass is 35.5. The molecule has 0 atom stereocenters. The van der Waals surface area contributed by atoms with Crippen molar-refractivity contribution in [3.05, 3.63) is 41.6 Å². The number of hydrogen-bond acceptors (Lipinski definition) is 6. The second kappa shape index (κ2) is 9.48. The van der Waals surface area contributed by atoms with Gasteiger partial charge in [0.1, 0.15) is 18.1 Å². The van der Waals surface area contributed by atoms with E-state index in [1.807, 2.05) is 31.2 Å². The van der Waals surface area contributed by atoms with Crippen LogP contribution in [-0.2, 0) is 4.79 Å². The third kappa shape index (κ3) is 5.77. The minimum absolute atomic E-state index is 0.0956. The van der Waals surface area contributed by atoms with Crippen LogP contribution >= 0.6 is 23.4 Å². The van der Waals surface area contributed by atoms with Gasteiger partial charge in [0.05, 0.1) is 29.4 Å². The van der Waals surface area contributed by atoms with Crippen molar-refractivity contribution >= 4 is 40.4 Å². The number of aromatic amines is 1. The van der Waals surface area contributed by atoms with Crippen LogP contribution in [0.3, 0.4) is 0 Å². The van der Waals surface area contributed by atoms with E-state index in [1.54, 1.807) is 6.07 Å². The fourth-order valence-corrected chi connectivity index (χ4v) is 3.12. The average Bonchev–Trinajstić information content (AvgIpc) is 3.07. The SMILES string of the molecule is CCOc1ccc(OCCNC(=O)CSc2nc3ncc(Cl)cc3[nH]2)cc1. The first kappa shape index (κ1) is 19.3. The molecule has 3 rings (SSSR count). The van der Waals surface area contributed by atoms with Crippen molar-refractivity contribution < 1.29 is 14.3 Å². The van der Waals surface area contributed by atoms with Gasteiger partial charge in [0.2, 0.25) is 5.91 Å². The third-order valence-electron chi connectivity index (χ3n) is 3.45. The van der Waals surface area contributed by atoms with E-state index in [2.05, 4.69) is 20.3 Å². The lowest BCUT2D eigenvalue weighted by atomic mass is 10.3. The topological polar surface area (TPSA) is 89.1 Å². The fraction of sp³-hybridized carbons (Fsp3) is 0.278. The molecule has 0 saturated heterocycles. The van der Waals surface area contributed by atoms with Crippen molar-refractivity contribution in [1.82, 2.24) is 20.3 Å². The van der Waals surface area contributed by atoms with Crippen LogP contribution in [0.1, 0.15) is 6.92 Å². The number of amides is 1. The van der Waals surface area contributed by atoms with Crippen molar-refractivity contribution in [1.29, 1.82) is 0 Å². The molecule has 3 aromatic rings. The van der Waals surface area contributed by atoms with Gasteiger partial charge in [0.15, 0.2) is 10.8 Å². The Labute approximate surface area is 165 Å². The maximum absolute atomic E-state index is 11.9. The molecule has 2 heterocycles. The molecular formula is C18H19ClN4O3S. The van der Waals surface area contributed by atoms with Crippen LogP contribution in [0.15, 0.2) is 41.7 Å². The van der Waals surface area contributed by atoms with Crippen molar-refractivity contribution in [2.75, 3.05) is 25.5 Å². The number of fused-ring (bicyclic) bond motifs is 1. The summed E-state index contributed by atoms with van der Waals surface area (Å²) in [5, 5.41) is 3.97. The van der Waals surface area contributed by atoms with Crippen LogP contribution in [0.25, 0.3) is 11.2 Å². The van der Waals surface area contributed by atoms with E-state index in [0.717, 1.165) is 17.0 Å². The second-order valence-electron chi connectivity index (χ2n) is 5.46. The zero-order chi connectivity index (χ0) is 19.1. The lowest BCUT2D eigenvalue weighted by Crippen LogP contribution is -2.29. The molecule has 1 amide bonds. The molecular weight excluding hydrogens is 388 g/mol. The lowest BCUT2D eigenvalue weighted by Gasteiger charge is -2.08. The van der Waals surface area contributed by atoms with Crippen LogP contribution < -0.4 is 14.8 Å². The van der Waals surface area contributed by atoms with Gasteiger partial charge in [0, 0.05) is 6.20 Å². The average molecular weight is 407 g/mol. The first-order chi connectivity index (χ1) is 13.1. The van der Waals surface area contributed by atoms with Crippen molar-refractivity contribution in [2.24, 2.45) is 0 Å². The van der Waals surface area contributed by atoms with Crippen molar-refractivity contribution in [3.8, 4) is 11.5 Å². The Balaban J connectivity index is 1.36. The molecule has 27 heavy (non-hydrogen) atoms. The lowest BCUT2D eigenvalue weighted by molar-refractivity contribution is -0.118. The number of H-pyrrole nitrogens is 1. The number of imidazole rings is 1. The number of nitrogens with zero attached hydrogens (tertiary/aromatic N) is 2. The number of nitrogens with one attached hydrogen (secondary N) is 2. The summed E-state index contributed by atoms with van der Waals surface area (Å²) in [6.45, 7) is 3.37. The molecule has 142 valence electrons. The van der Waals surface area contributed by atoms with Gasteiger partial charge in [-0.2, -0.15) is 0 Å². The number of aromatic nitrogens is 3. The van der Waals surface area contributed by atoms with Gasteiger partial charge in [-0.1, -0.05) is 23.4 Å². The van der Waals surface area contributed by atoms with Gasteiger partial charge >= 0.3 is 0 Å². The van der Waals surface area contributed by atoms with Gasteiger partial charge in [-0.25, -0.2) is 9.97 Å². The highest BCUT2D eigenvalue weighted by Crippen LogP contribution is 2.20. The largest absolute Gasteiger partial charge is 0.494 e. The quantitative estimate of drug-likeness (QED) is 0.418. The predicted molar refractivity (Wildman–Crippen MR) is 106 cm³/mol. The van der Waals surface area contributed by atoms with Gasteiger partial charge < -0.3 is 19.8 Å². The van der Waals surface area contributed by atoms with Crippen LogP contribution in [0.2, 0.25) is 5.02 Å². The standard InChI is InChI=1S/C18H19ClN4O3S/c1-2-25-13-3-5-14(6-4-13)26-8-7-20-16(24)11-27-18-22-15-9-12(19)10-21-17(15)23-18/h3-6,9-10H,2,7-8,11H2,1H3,(H,20,24)(H,21,22,23). The Morgan fingerprint density at radius 2 is 2.00 bits per heavy atom. The molecule has 9 heteroatoms.